The Kier molecular flexibility index (Phi) is 5.38. The van der Waals surface area contributed by atoms with Gasteiger partial charge in [0.15, 0.2) is 0 Å². The topological polar surface area (TPSA) is 60.2 Å². The average Bonchev–Trinajstić information content (AvgIpc) is 2.13. The number of carbonyl (C=O) groups is 2. The van der Waals surface area contributed by atoms with E-state index in [-0.39, 0.29) is 0 Å². The molecule has 0 fully saturated rings. The van der Waals surface area contributed by atoms with Gasteiger partial charge in [0.2, 0.25) is 10.5 Å². The normalized spacial score (nSPS) is 30.1. The second kappa shape index (κ2) is 5.57. The fourth-order valence-electron chi connectivity index (χ4n) is 1.23. The van der Waals surface area contributed by atoms with Gasteiger partial charge in [0.1, 0.15) is 3.42 Å². The minimum atomic E-state index is -1.16. The second-order valence-electron chi connectivity index (χ2n) is 3.03. The van der Waals surface area contributed by atoms with E-state index in [4.69, 9.17) is 28.9 Å². The average molecular weight is 598 g/mol. The second-order valence-corrected chi connectivity index (χ2v) is 7.86. The van der Waals surface area contributed by atoms with Crippen LogP contribution in [-0.4, -0.2) is 13.9 Å². The Hall–Kier alpha value is 1.39. The maximum atomic E-state index is 11.5. The molecular weight excluding hydrogens is 594 g/mol. The summed E-state index contributed by atoms with van der Waals surface area (Å²) in [4.78, 5) is 22.9. The van der Waals surface area contributed by atoms with Crippen molar-refractivity contribution in [2.24, 2.45) is 11.7 Å². The summed E-state index contributed by atoms with van der Waals surface area (Å²) >= 11 is 16.8. The van der Waals surface area contributed by atoms with Crippen LogP contribution in [-0.2, 0) is 9.59 Å². The number of carbonyl (C=O) groups excluding carboxylic acids is 2. The molecule has 0 radical (unpaired) electrons. The molecule has 0 bridgehead atoms. The van der Waals surface area contributed by atoms with E-state index in [1.807, 2.05) is 67.8 Å². The molecule has 16 heavy (non-hydrogen) atoms. The molecule has 8 heteroatoms. The Morgan fingerprint density at radius 2 is 1.88 bits per heavy atom. The number of alkyl halides is 1. The zero-order chi connectivity index (χ0) is 12.7. The summed E-state index contributed by atoms with van der Waals surface area (Å²) in [6.45, 7) is 0. The molecule has 0 aliphatic heterocycles. The van der Waals surface area contributed by atoms with E-state index in [1.165, 1.54) is 0 Å². The molecule has 0 saturated carbocycles. The number of allylic oxidation sites excluding steroid dienone is 3. The van der Waals surface area contributed by atoms with Crippen LogP contribution >= 0.6 is 91.0 Å². The molecule has 2 N–H and O–H groups in total. The molecular formula is C8H4Cl2I3NO2. The first kappa shape index (κ1) is 15.4. The highest BCUT2D eigenvalue weighted by Crippen LogP contribution is 2.47. The van der Waals surface area contributed by atoms with Crippen molar-refractivity contribution in [2.75, 3.05) is 0 Å². The number of hydrogen-bond donors (Lipinski definition) is 1. The molecule has 0 saturated heterocycles. The van der Waals surface area contributed by atoms with Crippen molar-refractivity contribution in [2.45, 2.75) is 3.42 Å². The van der Waals surface area contributed by atoms with Crippen molar-refractivity contribution in [3.05, 3.63) is 18.9 Å². The SMILES string of the molecule is NC1=C(I)C(C(=O)Cl)C(I)(C(=O)Cl)C=C1I. The van der Waals surface area contributed by atoms with Crippen LogP contribution in [0.2, 0.25) is 0 Å². The zero-order valence-electron chi connectivity index (χ0n) is 7.44. The van der Waals surface area contributed by atoms with Crippen molar-refractivity contribution in [1.29, 1.82) is 0 Å². The van der Waals surface area contributed by atoms with Crippen molar-refractivity contribution in [1.82, 2.24) is 0 Å². The Bertz CT molecular complexity index is 435. The first-order valence-electron chi connectivity index (χ1n) is 3.84. The highest BCUT2D eigenvalue weighted by atomic mass is 127. The number of hydrogen-bond acceptors (Lipinski definition) is 3. The predicted octanol–water partition coefficient (Wildman–Crippen LogP) is 3.25. The molecule has 0 aromatic carbocycles. The first-order valence-corrected chi connectivity index (χ1v) is 7.83. The van der Waals surface area contributed by atoms with Crippen molar-refractivity contribution in [3.63, 3.8) is 0 Å². The number of halogens is 5. The third-order valence-electron chi connectivity index (χ3n) is 2.05. The molecule has 88 valence electrons. The van der Waals surface area contributed by atoms with Gasteiger partial charge in [-0.25, -0.2) is 0 Å². The van der Waals surface area contributed by atoms with Gasteiger partial charge in [0, 0.05) is 7.16 Å². The summed E-state index contributed by atoms with van der Waals surface area (Å²) in [5, 5.41) is -1.28. The molecule has 1 aliphatic rings. The summed E-state index contributed by atoms with van der Waals surface area (Å²) in [6, 6.07) is 0. The third-order valence-corrected chi connectivity index (χ3v) is 6.42. The predicted molar refractivity (Wildman–Crippen MR) is 89.3 cm³/mol. The maximum Gasteiger partial charge on any atom is 0.242 e. The quantitative estimate of drug-likeness (QED) is 0.302. The molecule has 0 spiro atoms. The first-order chi connectivity index (χ1) is 7.21. The summed E-state index contributed by atoms with van der Waals surface area (Å²) in [5.41, 5.74) is 6.26. The molecule has 2 atom stereocenters. The summed E-state index contributed by atoms with van der Waals surface area (Å²) in [7, 11) is 0. The Morgan fingerprint density at radius 1 is 1.38 bits per heavy atom. The van der Waals surface area contributed by atoms with E-state index < -0.39 is 19.8 Å². The van der Waals surface area contributed by atoms with Gasteiger partial charge in [-0.2, -0.15) is 0 Å². The lowest BCUT2D eigenvalue weighted by molar-refractivity contribution is -0.119. The van der Waals surface area contributed by atoms with Crippen LogP contribution in [0, 0.1) is 5.92 Å². The Labute approximate surface area is 143 Å². The van der Waals surface area contributed by atoms with Crippen molar-refractivity contribution >= 4 is 101 Å². The van der Waals surface area contributed by atoms with Crippen LogP contribution in [0.1, 0.15) is 0 Å². The largest absolute Gasteiger partial charge is 0.397 e. The molecule has 0 aromatic heterocycles. The lowest BCUT2D eigenvalue weighted by Crippen LogP contribution is -2.42. The molecule has 0 heterocycles. The highest BCUT2D eigenvalue weighted by molar-refractivity contribution is 14.1. The van der Waals surface area contributed by atoms with E-state index in [0.717, 1.165) is 0 Å². The number of nitrogens with two attached hydrogens (primary N) is 1. The zero-order valence-corrected chi connectivity index (χ0v) is 15.4. The van der Waals surface area contributed by atoms with Gasteiger partial charge in [-0.15, -0.1) is 0 Å². The maximum absolute atomic E-state index is 11.5. The fourth-order valence-corrected chi connectivity index (χ4v) is 6.51. The Morgan fingerprint density at radius 3 is 2.25 bits per heavy atom. The van der Waals surface area contributed by atoms with Crippen LogP contribution in [0.25, 0.3) is 0 Å². The fraction of sp³-hybridized carbons (Fsp3) is 0.250. The van der Waals surface area contributed by atoms with Gasteiger partial charge in [-0.3, -0.25) is 9.59 Å². The van der Waals surface area contributed by atoms with Gasteiger partial charge >= 0.3 is 0 Å². The smallest absolute Gasteiger partial charge is 0.242 e. The van der Waals surface area contributed by atoms with E-state index >= 15 is 0 Å². The molecule has 2 unspecified atom stereocenters. The van der Waals surface area contributed by atoms with Crippen LogP contribution in [0.15, 0.2) is 18.9 Å². The van der Waals surface area contributed by atoms with Crippen LogP contribution < -0.4 is 5.73 Å². The van der Waals surface area contributed by atoms with Crippen molar-refractivity contribution in [3.8, 4) is 0 Å². The minimum absolute atomic E-state index is 0.463. The van der Waals surface area contributed by atoms with Crippen LogP contribution in [0.4, 0.5) is 0 Å². The lowest BCUT2D eigenvalue weighted by Gasteiger charge is -2.32. The summed E-state index contributed by atoms with van der Waals surface area (Å²) in [5.74, 6) is -0.820. The Balaban J connectivity index is 3.43. The molecule has 0 amide bonds. The summed E-state index contributed by atoms with van der Waals surface area (Å²) in [6.07, 6.45) is 1.58. The number of rotatable bonds is 2. The van der Waals surface area contributed by atoms with E-state index in [9.17, 15) is 9.59 Å². The van der Waals surface area contributed by atoms with Gasteiger partial charge in [-0.05, 0) is 74.5 Å². The molecule has 1 rings (SSSR count). The summed E-state index contributed by atoms with van der Waals surface area (Å²) < 4.78 is 0.0844. The van der Waals surface area contributed by atoms with Gasteiger partial charge in [0.25, 0.3) is 0 Å². The lowest BCUT2D eigenvalue weighted by atomic mass is 9.89. The monoisotopic (exact) mass is 597 g/mol. The van der Waals surface area contributed by atoms with Crippen LogP contribution in [0.5, 0.6) is 0 Å². The van der Waals surface area contributed by atoms with E-state index in [0.29, 0.717) is 12.9 Å². The van der Waals surface area contributed by atoms with E-state index in [2.05, 4.69) is 0 Å². The van der Waals surface area contributed by atoms with E-state index in [1.54, 1.807) is 6.08 Å². The standard InChI is InChI=1S/C8H4Cl2I3NO2/c9-6(15)3-4(12)5(14)2(11)1-8(3,13)7(10)16/h1,3H,14H2. The molecule has 3 nitrogen and oxygen atoms in total. The van der Waals surface area contributed by atoms with Gasteiger partial charge in [-0.1, -0.05) is 22.6 Å². The molecule has 1 aliphatic carbocycles. The highest BCUT2D eigenvalue weighted by Gasteiger charge is 2.49. The van der Waals surface area contributed by atoms with Gasteiger partial charge in [0.05, 0.1) is 11.6 Å². The minimum Gasteiger partial charge on any atom is -0.397 e. The third kappa shape index (κ3) is 2.69. The van der Waals surface area contributed by atoms with Crippen molar-refractivity contribution < 1.29 is 9.59 Å². The van der Waals surface area contributed by atoms with Crippen LogP contribution in [0.3, 0.4) is 0 Å². The molecule has 0 aromatic rings. The van der Waals surface area contributed by atoms with Gasteiger partial charge < -0.3 is 5.73 Å².